The van der Waals surface area contributed by atoms with Crippen LogP contribution in [-0.2, 0) is 10.0 Å². The molecular formula is C14H12ClN3O3S. The Balaban J connectivity index is 2.27. The van der Waals surface area contributed by atoms with E-state index in [-0.39, 0.29) is 9.92 Å². The van der Waals surface area contributed by atoms with Crippen LogP contribution in [0.25, 0.3) is 11.0 Å². The van der Waals surface area contributed by atoms with Crippen molar-refractivity contribution in [1.29, 1.82) is 0 Å². The fourth-order valence-corrected chi connectivity index (χ4v) is 3.95. The number of halogens is 1. The number of rotatable bonds is 3. The Kier molecular flexibility index (Phi) is 3.54. The maximum Gasteiger partial charge on any atom is 0.271 e. The minimum absolute atomic E-state index is 0.0122. The molecule has 0 aliphatic carbocycles. The van der Waals surface area contributed by atoms with Gasteiger partial charge in [0.15, 0.2) is 0 Å². The number of aryl methyl sites for hydroxylation is 1. The number of ether oxygens (including phenoxy) is 1. The molecule has 0 radical (unpaired) electrons. The number of benzene rings is 1. The van der Waals surface area contributed by atoms with Crippen LogP contribution in [0.15, 0.2) is 41.6 Å². The minimum Gasteiger partial charge on any atom is -0.497 e. The van der Waals surface area contributed by atoms with Crippen molar-refractivity contribution in [2.75, 3.05) is 7.11 Å². The number of methoxy groups -OCH3 is 1. The van der Waals surface area contributed by atoms with E-state index in [1.165, 1.54) is 22.4 Å². The Morgan fingerprint density at radius 2 is 2.00 bits per heavy atom. The number of pyridine rings is 1. The van der Waals surface area contributed by atoms with Crippen molar-refractivity contribution in [2.45, 2.75) is 11.8 Å². The average Bonchev–Trinajstić information content (AvgIpc) is 2.82. The molecule has 0 N–H and O–H groups in total. The van der Waals surface area contributed by atoms with Crippen LogP contribution in [0.4, 0.5) is 0 Å². The van der Waals surface area contributed by atoms with Gasteiger partial charge in [0.25, 0.3) is 10.0 Å². The number of hydrogen-bond donors (Lipinski definition) is 0. The summed E-state index contributed by atoms with van der Waals surface area (Å²) in [5, 5.41) is 0.254. The minimum atomic E-state index is -3.83. The molecule has 2 heterocycles. The van der Waals surface area contributed by atoms with Gasteiger partial charge in [-0.1, -0.05) is 11.6 Å². The topological polar surface area (TPSA) is 74.1 Å². The highest BCUT2D eigenvalue weighted by atomic mass is 35.5. The van der Waals surface area contributed by atoms with Gasteiger partial charge in [0.2, 0.25) is 0 Å². The molecule has 0 aliphatic heterocycles. The molecule has 0 atom stereocenters. The second-order valence-electron chi connectivity index (χ2n) is 4.62. The Bertz CT molecular complexity index is 967. The summed E-state index contributed by atoms with van der Waals surface area (Å²) in [7, 11) is -2.29. The number of hydrogen-bond acceptors (Lipinski definition) is 5. The van der Waals surface area contributed by atoms with Crippen LogP contribution in [0.5, 0.6) is 5.75 Å². The molecule has 3 aromatic rings. The Labute approximate surface area is 132 Å². The van der Waals surface area contributed by atoms with Gasteiger partial charge in [0, 0.05) is 18.5 Å². The van der Waals surface area contributed by atoms with Gasteiger partial charge in [-0.2, -0.15) is 0 Å². The molecule has 0 saturated heterocycles. The molecule has 0 bridgehead atoms. The molecule has 0 amide bonds. The molecule has 0 saturated carbocycles. The summed E-state index contributed by atoms with van der Waals surface area (Å²) < 4.78 is 32.0. The van der Waals surface area contributed by atoms with E-state index in [9.17, 15) is 8.42 Å². The Hall–Kier alpha value is -2.12. The molecular weight excluding hydrogens is 326 g/mol. The molecule has 0 unspecified atom stereocenters. The lowest BCUT2D eigenvalue weighted by Gasteiger charge is -2.08. The van der Waals surface area contributed by atoms with Crippen LogP contribution in [0.3, 0.4) is 0 Å². The van der Waals surface area contributed by atoms with Crippen molar-refractivity contribution in [3.8, 4) is 5.75 Å². The molecule has 8 heteroatoms. The Morgan fingerprint density at radius 3 is 2.68 bits per heavy atom. The summed E-state index contributed by atoms with van der Waals surface area (Å²) in [6.45, 7) is 1.63. The summed E-state index contributed by atoms with van der Waals surface area (Å²) in [4.78, 5) is 8.13. The van der Waals surface area contributed by atoms with Crippen molar-refractivity contribution in [2.24, 2.45) is 0 Å². The first-order valence-corrected chi connectivity index (χ1v) is 8.14. The van der Waals surface area contributed by atoms with Crippen LogP contribution in [0, 0.1) is 6.92 Å². The normalized spacial score (nSPS) is 11.8. The van der Waals surface area contributed by atoms with Gasteiger partial charge in [-0.15, -0.1) is 0 Å². The summed E-state index contributed by atoms with van der Waals surface area (Å²) in [5.41, 5.74) is 1.01. The van der Waals surface area contributed by atoms with Crippen LogP contribution in [0.1, 0.15) is 5.82 Å². The van der Waals surface area contributed by atoms with Crippen molar-refractivity contribution in [1.82, 2.24) is 13.9 Å². The van der Waals surface area contributed by atoms with E-state index in [1.54, 1.807) is 32.2 Å². The lowest BCUT2D eigenvalue weighted by molar-refractivity contribution is 0.415. The van der Waals surface area contributed by atoms with Crippen LogP contribution < -0.4 is 4.74 Å². The Morgan fingerprint density at radius 1 is 1.23 bits per heavy atom. The highest BCUT2D eigenvalue weighted by molar-refractivity contribution is 7.90. The van der Waals surface area contributed by atoms with E-state index in [0.29, 0.717) is 22.6 Å². The highest BCUT2D eigenvalue weighted by Crippen LogP contribution is 2.26. The van der Waals surface area contributed by atoms with Crippen molar-refractivity contribution >= 4 is 32.7 Å². The van der Waals surface area contributed by atoms with Crippen molar-refractivity contribution in [3.05, 3.63) is 47.5 Å². The fourth-order valence-electron chi connectivity index (χ4n) is 2.23. The van der Waals surface area contributed by atoms with E-state index in [1.807, 2.05) is 0 Å². The SMILES string of the molecule is COc1ccc2c(c1)nc(C)n2S(=O)(=O)c1cncc(Cl)c1. The standard InChI is InChI=1S/C14H12ClN3O3S/c1-9-17-13-6-11(21-2)3-4-14(13)18(9)22(19,20)12-5-10(15)7-16-8-12/h3-8H,1-2H3. The number of aromatic nitrogens is 3. The third-order valence-corrected chi connectivity index (χ3v) is 5.16. The van der Waals surface area contributed by atoms with Gasteiger partial charge in [-0.05, 0) is 25.1 Å². The lowest BCUT2D eigenvalue weighted by atomic mass is 10.3. The molecule has 0 aliphatic rings. The first-order valence-electron chi connectivity index (χ1n) is 6.32. The summed E-state index contributed by atoms with van der Waals surface area (Å²) in [5.74, 6) is 0.960. The number of fused-ring (bicyclic) bond motifs is 1. The smallest absolute Gasteiger partial charge is 0.271 e. The van der Waals surface area contributed by atoms with Gasteiger partial charge < -0.3 is 4.74 Å². The molecule has 22 heavy (non-hydrogen) atoms. The molecule has 0 fully saturated rings. The molecule has 0 spiro atoms. The highest BCUT2D eigenvalue weighted by Gasteiger charge is 2.23. The van der Waals surface area contributed by atoms with E-state index in [0.717, 1.165) is 0 Å². The zero-order valence-electron chi connectivity index (χ0n) is 11.8. The third-order valence-electron chi connectivity index (χ3n) is 3.20. The van der Waals surface area contributed by atoms with E-state index >= 15 is 0 Å². The van der Waals surface area contributed by atoms with Crippen LogP contribution >= 0.6 is 11.6 Å². The van der Waals surface area contributed by atoms with Crippen LogP contribution in [0.2, 0.25) is 5.02 Å². The molecule has 1 aromatic carbocycles. The van der Waals surface area contributed by atoms with Gasteiger partial charge in [0.1, 0.15) is 16.5 Å². The van der Waals surface area contributed by atoms with Gasteiger partial charge in [0.05, 0.1) is 23.2 Å². The van der Waals surface area contributed by atoms with Crippen LogP contribution in [-0.4, -0.2) is 29.5 Å². The van der Waals surface area contributed by atoms with E-state index in [4.69, 9.17) is 16.3 Å². The third kappa shape index (κ3) is 2.32. The first-order chi connectivity index (χ1) is 10.4. The molecule has 3 rings (SSSR count). The maximum atomic E-state index is 12.8. The second kappa shape index (κ2) is 5.26. The zero-order valence-corrected chi connectivity index (χ0v) is 13.4. The van der Waals surface area contributed by atoms with Gasteiger partial charge in [-0.25, -0.2) is 17.4 Å². The number of nitrogens with zero attached hydrogens (tertiary/aromatic N) is 3. The summed E-state index contributed by atoms with van der Waals surface area (Å²) >= 11 is 5.84. The predicted octanol–water partition coefficient (Wildman–Crippen LogP) is 2.64. The average molecular weight is 338 g/mol. The first kappa shape index (κ1) is 14.8. The second-order valence-corrected chi connectivity index (χ2v) is 6.85. The van der Waals surface area contributed by atoms with Crippen molar-refractivity contribution < 1.29 is 13.2 Å². The summed E-state index contributed by atoms with van der Waals surface area (Å²) in [6.07, 6.45) is 2.64. The molecule has 6 nitrogen and oxygen atoms in total. The molecule has 114 valence electrons. The van der Waals surface area contributed by atoms with E-state index < -0.39 is 10.0 Å². The van der Waals surface area contributed by atoms with E-state index in [2.05, 4.69) is 9.97 Å². The van der Waals surface area contributed by atoms with Gasteiger partial charge >= 0.3 is 0 Å². The largest absolute Gasteiger partial charge is 0.497 e. The quantitative estimate of drug-likeness (QED) is 0.734. The summed E-state index contributed by atoms with van der Waals surface area (Å²) in [6, 6.07) is 6.39. The van der Waals surface area contributed by atoms with Gasteiger partial charge in [-0.3, -0.25) is 4.98 Å². The lowest BCUT2D eigenvalue weighted by Crippen LogP contribution is -2.14. The maximum absolute atomic E-state index is 12.8. The zero-order chi connectivity index (χ0) is 15.9. The predicted molar refractivity (Wildman–Crippen MR) is 82.9 cm³/mol. The number of imidazole rings is 1. The fraction of sp³-hybridized carbons (Fsp3) is 0.143. The monoisotopic (exact) mass is 337 g/mol. The van der Waals surface area contributed by atoms with Crippen molar-refractivity contribution in [3.63, 3.8) is 0 Å². The molecule has 2 aromatic heterocycles.